The predicted molar refractivity (Wildman–Crippen MR) is 113 cm³/mol. The number of anilines is 1. The predicted octanol–water partition coefficient (Wildman–Crippen LogP) is 4.24. The van der Waals surface area contributed by atoms with E-state index >= 15 is 0 Å². The molecule has 0 spiro atoms. The molecule has 1 fully saturated rings. The number of benzene rings is 2. The molecule has 1 aliphatic rings. The molecule has 1 aromatic heterocycles. The van der Waals surface area contributed by atoms with Gasteiger partial charge in [-0.1, -0.05) is 17.7 Å². The zero-order chi connectivity index (χ0) is 20.5. The summed E-state index contributed by atoms with van der Waals surface area (Å²) in [7, 11) is 0. The van der Waals surface area contributed by atoms with Gasteiger partial charge in [0.15, 0.2) is 0 Å². The largest absolute Gasteiger partial charge is 0.368 e. The molecule has 0 aliphatic carbocycles. The summed E-state index contributed by atoms with van der Waals surface area (Å²) in [6.07, 6.45) is 0. The Kier molecular flexibility index (Phi) is 5.28. The van der Waals surface area contributed by atoms with Gasteiger partial charge < -0.3 is 9.80 Å². The van der Waals surface area contributed by atoms with Gasteiger partial charge in [-0.15, -0.1) is 0 Å². The smallest absolute Gasteiger partial charge is 0.272 e. The van der Waals surface area contributed by atoms with Gasteiger partial charge in [-0.05, 0) is 61.9 Å². The molecule has 0 N–H and O–H groups in total. The number of amides is 1. The first-order chi connectivity index (χ1) is 13.9. The SMILES string of the molecule is Cc1cc(C(=O)N2CCN(c3cc(Cl)ccc3C)CC2)n(-c2ccc(F)cc2)n1. The maximum Gasteiger partial charge on any atom is 0.272 e. The molecule has 1 aliphatic heterocycles. The molecule has 29 heavy (non-hydrogen) atoms. The van der Waals surface area contributed by atoms with E-state index in [1.807, 2.05) is 30.0 Å². The van der Waals surface area contributed by atoms with Crippen LogP contribution in [-0.4, -0.2) is 46.8 Å². The molecule has 150 valence electrons. The molecule has 7 heteroatoms. The van der Waals surface area contributed by atoms with E-state index in [-0.39, 0.29) is 11.7 Å². The van der Waals surface area contributed by atoms with Crippen LogP contribution in [0.1, 0.15) is 21.7 Å². The monoisotopic (exact) mass is 412 g/mol. The van der Waals surface area contributed by atoms with E-state index in [2.05, 4.69) is 16.9 Å². The molecule has 1 saturated heterocycles. The summed E-state index contributed by atoms with van der Waals surface area (Å²) in [4.78, 5) is 17.3. The van der Waals surface area contributed by atoms with Crippen LogP contribution >= 0.6 is 11.6 Å². The maximum atomic E-state index is 13.3. The fraction of sp³-hybridized carbons (Fsp3) is 0.273. The molecule has 2 heterocycles. The first-order valence-electron chi connectivity index (χ1n) is 9.55. The fourth-order valence-electron chi connectivity index (χ4n) is 3.67. The highest BCUT2D eigenvalue weighted by Crippen LogP contribution is 2.26. The van der Waals surface area contributed by atoms with Gasteiger partial charge in [0.2, 0.25) is 0 Å². The normalized spacial score (nSPS) is 14.3. The van der Waals surface area contributed by atoms with Crippen molar-refractivity contribution in [1.29, 1.82) is 0 Å². The van der Waals surface area contributed by atoms with Crippen molar-refractivity contribution in [3.8, 4) is 5.69 Å². The molecule has 2 aromatic carbocycles. The third kappa shape index (κ3) is 3.98. The molecule has 1 amide bonds. The molecule has 3 aromatic rings. The minimum absolute atomic E-state index is 0.0719. The average molecular weight is 413 g/mol. The molecular weight excluding hydrogens is 391 g/mol. The van der Waals surface area contributed by atoms with Crippen molar-refractivity contribution in [3.63, 3.8) is 0 Å². The van der Waals surface area contributed by atoms with E-state index in [1.54, 1.807) is 22.9 Å². The number of aryl methyl sites for hydroxylation is 2. The Hall–Kier alpha value is -2.86. The van der Waals surface area contributed by atoms with Crippen LogP contribution in [0.4, 0.5) is 10.1 Å². The van der Waals surface area contributed by atoms with E-state index in [0.717, 1.165) is 24.5 Å². The van der Waals surface area contributed by atoms with Crippen molar-refractivity contribution in [2.24, 2.45) is 0 Å². The van der Waals surface area contributed by atoms with E-state index in [9.17, 15) is 9.18 Å². The molecular formula is C22H22ClFN4O. The first-order valence-corrected chi connectivity index (χ1v) is 9.93. The standard InChI is InChI=1S/C22H22ClFN4O/c1-15-3-4-17(23)14-20(15)26-9-11-27(12-10-26)22(29)21-13-16(2)25-28(21)19-7-5-18(24)6-8-19/h3-8,13-14H,9-12H2,1-2H3. The minimum atomic E-state index is -0.321. The number of hydrogen-bond acceptors (Lipinski definition) is 3. The Balaban J connectivity index is 1.52. The molecule has 0 bridgehead atoms. The second-order valence-electron chi connectivity index (χ2n) is 7.27. The van der Waals surface area contributed by atoms with Crippen LogP contribution in [0.3, 0.4) is 0 Å². The lowest BCUT2D eigenvalue weighted by atomic mass is 10.1. The topological polar surface area (TPSA) is 41.4 Å². The lowest BCUT2D eigenvalue weighted by Crippen LogP contribution is -2.49. The second-order valence-corrected chi connectivity index (χ2v) is 7.71. The summed E-state index contributed by atoms with van der Waals surface area (Å²) >= 11 is 6.16. The number of carbonyl (C=O) groups excluding carboxylic acids is 1. The number of rotatable bonds is 3. The van der Waals surface area contributed by atoms with Crippen LogP contribution < -0.4 is 4.90 Å². The summed E-state index contributed by atoms with van der Waals surface area (Å²) in [5.74, 6) is -0.393. The van der Waals surface area contributed by atoms with E-state index < -0.39 is 0 Å². The fourth-order valence-corrected chi connectivity index (χ4v) is 3.83. The summed E-state index contributed by atoms with van der Waals surface area (Å²) in [6, 6.07) is 13.6. The van der Waals surface area contributed by atoms with Gasteiger partial charge in [-0.3, -0.25) is 4.79 Å². The lowest BCUT2D eigenvalue weighted by molar-refractivity contribution is 0.0737. The van der Waals surface area contributed by atoms with Gasteiger partial charge in [0.1, 0.15) is 11.5 Å². The number of nitrogens with zero attached hydrogens (tertiary/aromatic N) is 4. The number of halogens is 2. The van der Waals surface area contributed by atoms with Gasteiger partial charge in [-0.25, -0.2) is 9.07 Å². The minimum Gasteiger partial charge on any atom is -0.368 e. The Morgan fingerprint density at radius 3 is 2.38 bits per heavy atom. The van der Waals surface area contributed by atoms with Gasteiger partial charge in [-0.2, -0.15) is 5.10 Å². The van der Waals surface area contributed by atoms with Crippen LogP contribution in [0, 0.1) is 19.7 Å². The summed E-state index contributed by atoms with van der Waals surface area (Å²) in [6.45, 7) is 6.59. The summed E-state index contributed by atoms with van der Waals surface area (Å²) in [5.41, 5.74) is 4.17. The highest BCUT2D eigenvalue weighted by Gasteiger charge is 2.26. The van der Waals surface area contributed by atoms with Crippen molar-refractivity contribution in [2.75, 3.05) is 31.1 Å². The maximum absolute atomic E-state index is 13.3. The molecule has 0 saturated carbocycles. The van der Waals surface area contributed by atoms with Gasteiger partial charge in [0.25, 0.3) is 5.91 Å². The van der Waals surface area contributed by atoms with Gasteiger partial charge in [0.05, 0.1) is 11.4 Å². The third-order valence-corrected chi connectivity index (χ3v) is 5.44. The molecule has 4 rings (SSSR count). The average Bonchev–Trinajstić information content (AvgIpc) is 3.11. The van der Waals surface area contributed by atoms with Gasteiger partial charge >= 0.3 is 0 Å². The van der Waals surface area contributed by atoms with Crippen molar-refractivity contribution >= 4 is 23.2 Å². The van der Waals surface area contributed by atoms with Crippen molar-refractivity contribution < 1.29 is 9.18 Å². The van der Waals surface area contributed by atoms with E-state index in [4.69, 9.17) is 11.6 Å². The van der Waals surface area contributed by atoms with Gasteiger partial charge in [0, 0.05) is 36.9 Å². The third-order valence-electron chi connectivity index (χ3n) is 5.20. The Labute approximate surface area is 174 Å². The van der Waals surface area contributed by atoms with Crippen LogP contribution in [0.2, 0.25) is 5.02 Å². The molecule has 0 radical (unpaired) electrons. The highest BCUT2D eigenvalue weighted by atomic mass is 35.5. The van der Waals surface area contributed by atoms with Crippen LogP contribution in [0.5, 0.6) is 0 Å². The van der Waals surface area contributed by atoms with Crippen molar-refractivity contribution in [2.45, 2.75) is 13.8 Å². The summed E-state index contributed by atoms with van der Waals surface area (Å²) < 4.78 is 14.9. The van der Waals surface area contributed by atoms with Crippen LogP contribution in [0.15, 0.2) is 48.5 Å². The Bertz CT molecular complexity index is 1040. The first kappa shape index (κ1) is 19.5. The zero-order valence-corrected chi connectivity index (χ0v) is 17.2. The second kappa shape index (κ2) is 7.87. The van der Waals surface area contributed by atoms with Crippen molar-refractivity contribution in [3.05, 3.63) is 76.3 Å². The quantitative estimate of drug-likeness (QED) is 0.646. The molecule has 0 atom stereocenters. The summed E-state index contributed by atoms with van der Waals surface area (Å²) in [5, 5.41) is 5.14. The Morgan fingerprint density at radius 2 is 1.69 bits per heavy atom. The van der Waals surface area contributed by atoms with E-state index in [0.29, 0.717) is 29.5 Å². The number of hydrogen-bond donors (Lipinski definition) is 0. The number of piperazine rings is 1. The highest BCUT2D eigenvalue weighted by molar-refractivity contribution is 6.30. The van der Waals surface area contributed by atoms with E-state index in [1.165, 1.54) is 17.7 Å². The molecule has 5 nitrogen and oxygen atoms in total. The zero-order valence-electron chi connectivity index (χ0n) is 16.4. The Morgan fingerprint density at radius 1 is 1.00 bits per heavy atom. The van der Waals surface area contributed by atoms with Crippen LogP contribution in [0.25, 0.3) is 5.69 Å². The molecule has 0 unspecified atom stereocenters. The number of carbonyl (C=O) groups is 1. The number of aromatic nitrogens is 2. The van der Waals surface area contributed by atoms with Crippen molar-refractivity contribution in [1.82, 2.24) is 14.7 Å². The van der Waals surface area contributed by atoms with Crippen LogP contribution in [-0.2, 0) is 0 Å². The lowest BCUT2D eigenvalue weighted by Gasteiger charge is -2.36.